The molecule has 2 heterocycles. The van der Waals surface area contributed by atoms with Crippen molar-refractivity contribution in [2.75, 3.05) is 12.3 Å². The molecule has 4 atom stereocenters. The zero-order chi connectivity index (χ0) is 16.6. The summed E-state index contributed by atoms with van der Waals surface area (Å²) < 4.78 is 6.66. The lowest BCUT2D eigenvalue weighted by atomic mass is 9.92. The van der Waals surface area contributed by atoms with Crippen LogP contribution in [0, 0.1) is 12.8 Å². The second-order valence-electron chi connectivity index (χ2n) is 5.48. The van der Waals surface area contributed by atoms with E-state index in [1.54, 1.807) is 6.92 Å². The average molecular weight is 312 g/mol. The van der Waals surface area contributed by atoms with E-state index in [9.17, 15) is 19.5 Å². The van der Waals surface area contributed by atoms with Crippen molar-refractivity contribution in [3.05, 3.63) is 26.4 Å². The Morgan fingerprint density at radius 2 is 2.18 bits per heavy atom. The summed E-state index contributed by atoms with van der Waals surface area (Å²) in [5.41, 5.74) is 10.3. The number of nitrogen functional groups attached to an aromatic ring is 1. The molecule has 1 aromatic heterocycles. The standard InChI is InChI=1S/C13H20N4O5/c1-5-11(15)17(13(21)16-12(5)20)9-3-7(8(4-18)22-9)10(19)6(2)14/h6-9,18H,3-4,14-15H2,1-2H3,(H,16,20,21)/t6-,7?,8-,9-/m0/s1. The molecule has 1 aliphatic heterocycles. The number of Topliss-reactive ketones (excluding diaryl/α,β-unsaturated/α-hetero) is 1. The molecule has 122 valence electrons. The van der Waals surface area contributed by atoms with Crippen molar-refractivity contribution < 1.29 is 14.6 Å². The fraction of sp³-hybridized carbons (Fsp3) is 0.615. The highest BCUT2D eigenvalue weighted by Crippen LogP contribution is 2.34. The van der Waals surface area contributed by atoms with E-state index in [0.717, 1.165) is 4.57 Å². The largest absolute Gasteiger partial charge is 0.394 e. The van der Waals surface area contributed by atoms with Gasteiger partial charge in [0.15, 0.2) is 5.78 Å². The third-order valence-electron chi connectivity index (χ3n) is 3.94. The molecule has 1 aromatic rings. The minimum atomic E-state index is -0.840. The van der Waals surface area contributed by atoms with Crippen LogP contribution >= 0.6 is 0 Å². The number of nitrogens with two attached hydrogens (primary N) is 2. The van der Waals surface area contributed by atoms with Gasteiger partial charge in [-0.25, -0.2) is 4.79 Å². The Kier molecular flexibility index (Phi) is 4.50. The van der Waals surface area contributed by atoms with Crippen molar-refractivity contribution in [1.82, 2.24) is 9.55 Å². The van der Waals surface area contributed by atoms with E-state index in [2.05, 4.69) is 4.98 Å². The summed E-state index contributed by atoms with van der Waals surface area (Å²) in [5, 5.41) is 9.37. The van der Waals surface area contributed by atoms with E-state index in [1.165, 1.54) is 6.92 Å². The maximum atomic E-state index is 12.1. The number of ether oxygens (including phenoxy) is 1. The molecule has 22 heavy (non-hydrogen) atoms. The van der Waals surface area contributed by atoms with Gasteiger partial charge in [0.05, 0.1) is 30.2 Å². The highest BCUT2D eigenvalue weighted by atomic mass is 16.5. The Labute approximate surface area is 125 Å². The first kappa shape index (κ1) is 16.4. The molecule has 1 saturated heterocycles. The molecule has 0 aromatic carbocycles. The van der Waals surface area contributed by atoms with Gasteiger partial charge >= 0.3 is 5.69 Å². The molecular weight excluding hydrogens is 292 g/mol. The van der Waals surface area contributed by atoms with Gasteiger partial charge in [-0.15, -0.1) is 0 Å². The number of carbonyl (C=O) groups is 1. The summed E-state index contributed by atoms with van der Waals surface area (Å²) in [6.07, 6.45) is -1.45. The number of nitrogens with one attached hydrogen (secondary N) is 1. The van der Waals surface area contributed by atoms with Crippen LogP contribution in [-0.2, 0) is 9.53 Å². The molecule has 1 unspecified atom stereocenters. The van der Waals surface area contributed by atoms with Gasteiger partial charge in [0, 0.05) is 6.42 Å². The first-order chi connectivity index (χ1) is 10.3. The van der Waals surface area contributed by atoms with Crippen LogP contribution in [0.15, 0.2) is 9.59 Å². The normalized spacial score (nSPS) is 26.1. The van der Waals surface area contributed by atoms with E-state index in [-0.39, 0.29) is 30.2 Å². The lowest BCUT2D eigenvalue weighted by Crippen LogP contribution is -2.37. The van der Waals surface area contributed by atoms with Gasteiger partial charge in [0.25, 0.3) is 5.56 Å². The van der Waals surface area contributed by atoms with Crippen LogP contribution in [0.1, 0.15) is 25.1 Å². The Morgan fingerprint density at radius 3 is 2.73 bits per heavy atom. The third-order valence-corrected chi connectivity index (χ3v) is 3.94. The highest BCUT2D eigenvalue weighted by Gasteiger charge is 2.41. The van der Waals surface area contributed by atoms with Gasteiger partial charge in [-0.3, -0.25) is 19.1 Å². The summed E-state index contributed by atoms with van der Waals surface area (Å²) in [4.78, 5) is 37.7. The number of rotatable bonds is 4. The van der Waals surface area contributed by atoms with E-state index in [4.69, 9.17) is 16.2 Å². The number of aliphatic hydroxyl groups excluding tert-OH is 1. The van der Waals surface area contributed by atoms with E-state index in [1.807, 2.05) is 0 Å². The number of hydrogen-bond acceptors (Lipinski definition) is 7. The molecule has 0 radical (unpaired) electrons. The van der Waals surface area contributed by atoms with Crippen LogP contribution < -0.4 is 22.7 Å². The first-order valence-corrected chi connectivity index (χ1v) is 6.94. The van der Waals surface area contributed by atoms with E-state index in [0.29, 0.717) is 0 Å². The highest BCUT2D eigenvalue weighted by molar-refractivity contribution is 5.86. The Morgan fingerprint density at radius 1 is 1.55 bits per heavy atom. The zero-order valence-corrected chi connectivity index (χ0v) is 12.4. The van der Waals surface area contributed by atoms with Crippen molar-refractivity contribution >= 4 is 11.6 Å². The van der Waals surface area contributed by atoms with Gasteiger partial charge < -0.3 is 21.3 Å². The van der Waals surface area contributed by atoms with Crippen LogP contribution in [0.3, 0.4) is 0 Å². The minimum Gasteiger partial charge on any atom is -0.394 e. The smallest absolute Gasteiger partial charge is 0.332 e. The fourth-order valence-electron chi connectivity index (χ4n) is 2.64. The lowest BCUT2D eigenvalue weighted by Gasteiger charge is -2.17. The molecule has 0 bridgehead atoms. The van der Waals surface area contributed by atoms with Gasteiger partial charge in [-0.05, 0) is 13.8 Å². The van der Waals surface area contributed by atoms with Crippen LogP contribution in [0.2, 0.25) is 0 Å². The molecule has 2 rings (SSSR count). The molecular formula is C13H20N4O5. The fourth-order valence-corrected chi connectivity index (χ4v) is 2.64. The second kappa shape index (κ2) is 6.03. The number of carbonyl (C=O) groups excluding carboxylic acids is 1. The predicted molar refractivity (Wildman–Crippen MR) is 78.2 cm³/mol. The maximum Gasteiger partial charge on any atom is 0.332 e. The van der Waals surface area contributed by atoms with Crippen LogP contribution in [0.25, 0.3) is 0 Å². The number of ketones is 1. The summed E-state index contributed by atoms with van der Waals surface area (Å²) in [7, 11) is 0. The SMILES string of the molecule is Cc1c(N)n([C@@H]2CC(C(=O)[C@H](C)N)[C@H](CO)O2)c(=O)[nH]c1=O. The molecule has 1 aliphatic rings. The Hall–Kier alpha value is -1.97. The van der Waals surface area contributed by atoms with Gasteiger partial charge in [0.2, 0.25) is 0 Å². The summed E-state index contributed by atoms with van der Waals surface area (Å²) in [6, 6.07) is -0.701. The number of anilines is 1. The zero-order valence-electron chi connectivity index (χ0n) is 12.4. The van der Waals surface area contributed by atoms with E-state index < -0.39 is 35.5 Å². The summed E-state index contributed by atoms with van der Waals surface area (Å²) >= 11 is 0. The van der Waals surface area contributed by atoms with Crippen molar-refractivity contribution in [2.45, 2.75) is 38.6 Å². The minimum absolute atomic E-state index is 0.0238. The number of aromatic amines is 1. The maximum absolute atomic E-state index is 12.1. The number of H-pyrrole nitrogens is 1. The monoisotopic (exact) mass is 312 g/mol. The van der Waals surface area contributed by atoms with Crippen molar-refractivity contribution in [3.63, 3.8) is 0 Å². The number of aromatic nitrogens is 2. The third kappa shape index (κ3) is 2.70. The molecule has 1 fully saturated rings. The first-order valence-electron chi connectivity index (χ1n) is 6.94. The predicted octanol–water partition coefficient (Wildman–Crippen LogP) is -1.76. The molecule has 9 nitrogen and oxygen atoms in total. The van der Waals surface area contributed by atoms with Gasteiger partial charge in [0.1, 0.15) is 12.0 Å². The number of aliphatic hydroxyl groups is 1. The molecule has 0 saturated carbocycles. The Bertz CT molecular complexity index is 693. The molecule has 0 spiro atoms. The van der Waals surface area contributed by atoms with Gasteiger partial charge in [-0.1, -0.05) is 0 Å². The topological polar surface area (TPSA) is 153 Å². The van der Waals surface area contributed by atoms with Crippen molar-refractivity contribution in [1.29, 1.82) is 0 Å². The summed E-state index contributed by atoms with van der Waals surface area (Å²) in [6.45, 7) is 2.65. The Balaban J connectivity index is 2.41. The van der Waals surface area contributed by atoms with Crippen molar-refractivity contribution in [2.24, 2.45) is 11.7 Å². The lowest BCUT2D eigenvalue weighted by molar-refractivity contribution is -0.126. The van der Waals surface area contributed by atoms with E-state index >= 15 is 0 Å². The van der Waals surface area contributed by atoms with Crippen LogP contribution in [0.4, 0.5) is 5.82 Å². The molecule has 6 N–H and O–H groups in total. The van der Waals surface area contributed by atoms with Crippen molar-refractivity contribution in [3.8, 4) is 0 Å². The summed E-state index contributed by atoms with van der Waals surface area (Å²) in [5.74, 6) is -0.910. The quantitative estimate of drug-likeness (QED) is 0.513. The number of hydrogen-bond donors (Lipinski definition) is 4. The molecule has 0 amide bonds. The average Bonchev–Trinajstić information content (AvgIpc) is 2.87. The molecule has 0 aliphatic carbocycles. The second-order valence-corrected chi connectivity index (χ2v) is 5.48. The molecule has 9 heteroatoms. The van der Waals surface area contributed by atoms with Gasteiger partial charge in [-0.2, -0.15) is 0 Å². The van der Waals surface area contributed by atoms with Crippen LogP contribution in [0.5, 0.6) is 0 Å². The number of nitrogens with zero attached hydrogens (tertiary/aromatic N) is 1. The van der Waals surface area contributed by atoms with Crippen LogP contribution in [-0.4, -0.2) is 39.2 Å².